The Morgan fingerprint density at radius 2 is 1.87 bits per heavy atom. The van der Waals surface area contributed by atoms with E-state index in [9.17, 15) is 9.59 Å². The predicted octanol–water partition coefficient (Wildman–Crippen LogP) is 2.75. The van der Waals surface area contributed by atoms with Crippen LogP contribution in [0.4, 0.5) is 5.69 Å². The van der Waals surface area contributed by atoms with E-state index >= 15 is 0 Å². The summed E-state index contributed by atoms with van der Waals surface area (Å²) in [6.45, 7) is 2.76. The molecule has 0 radical (unpaired) electrons. The first-order valence-corrected chi connectivity index (χ1v) is 10.2. The Balaban J connectivity index is 1.36. The maximum absolute atomic E-state index is 12.6. The zero-order valence-electron chi connectivity index (χ0n) is 17.3. The number of aryl methyl sites for hydroxylation is 1. The first kappa shape index (κ1) is 20.3. The Kier molecular flexibility index (Phi) is 6.07. The second-order valence-electron chi connectivity index (χ2n) is 7.19. The standard InChI is InChI=1S/C23H24N6O2/c1-2-21-27-19-9-3-4-10-20(19)29(21)16-22(30)24-14-17-7-5-8-18(13-17)26-23(31)15-28-12-6-11-25-28/h3-13H,2,14-16H2,1H3,(H,24,30)(H,26,31). The highest BCUT2D eigenvalue weighted by Crippen LogP contribution is 2.16. The number of carbonyl (C=O) groups excluding carboxylic acids is 2. The number of para-hydroxylation sites is 2. The maximum Gasteiger partial charge on any atom is 0.246 e. The second kappa shape index (κ2) is 9.25. The Hall–Kier alpha value is -3.94. The monoisotopic (exact) mass is 416 g/mol. The molecule has 2 heterocycles. The van der Waals surface area contributed by atoms with Crippen molar-refractivity contribution in [3.05, 3.63) is 78.4 Å². The quantitative estimate of drug-likeness (QED) is 0.462. The molecule has 4 rings (SSSR count). The van der Waals surface area contributed by atoms with E-state index in [2.05, 4.69) is 20.7 Å². The van der Waals surface area contributed by atoms with E-state index in [1.54, 1.807) is 23.1 Å². The van der Waals surface area contributed by atoms with Crippen LogP contribution in [-0.2, 0) is 35.6 Å². The number of amides is 2. The Morgan fingerprint density at radius 1 is 1.00 bits per heavy atom. The van der Waals surface area contributed by atoms with Crippen LogP contribution in [0, 0.1) is 0 Å². The molecule has 8 nitrogen and oxygen atoms in total. The summed E-state index contributed by atoms with van der Waals surface area (Å²) < 4.78 is 3.51. The predicted molar refractivity (Wildman–Crippen MR) is 118 cm³/mol. The van der Waals surface area contributed by atoms with Crippen LogP contribution in [0.15, 0.2) is 67.0 Å². The molecule has 0 atom stereocenters. The molecule has 0 saturated heterocycles. The molecule has 0 saturated carbocycles. The first-order valence-electron chi connectivity index (χ1n) is 10.2. The minimum atomic E-state index is -0.163. The number of nitrogens with zero attached hydrogens (tertiary/aromatic N) is 4. The molecule has 2 aromatic heterocycles. The first-order chi connectivity index (χ1) is 15.1. The van der Waals surface area contributed by atoms with Gasteiger partial charge in [-0.3, -0.25) is 14.3 Å². The number of benzene rings is 2. The van der Waals surface area contributed by atoms with Gasteiger partial charge in [0.05, 0.1) is 11.0 Å². The van der Waals surface area contributed by atoms with Crippen LogP contribution in [0.5, 0.6) is 0 Å². The van der Waals surface area contributed by atoms with Crippen LogP contribution in [0.1, 0.15) is 18.3 Å². The summed E-state index contributed by atoms with van der Waals surface area (Å²) in [5.74, 6) is 0.633. The van der Waals surface area contributed by atoms with Crippen LogP contribution in [0.3, 0.4) is 0 Å². The van der Waals surface area contributed by atoms with Crippen LogP contribution in [0.25, 0.3) is 11.0 Å². The zero-order chi connectivity index (χ0) is 21.6. The van der Waals surface area contributed by atoms with Gasteiger partial charge in [-0.1, -0.05) is 31.2 Å². The van der Waals surface area contributed by atoms with Crippen molar-refractivity contribution in [2.24, 2.45) is 0 Å². The highest BCUT2D eigenvalue weighted by molar-refractivity contribution is 5.90. The highest BCUT2D eigenvalue weighted by Gasteiger charge is 2.12. The number of carbonyl (C=O) groups is 2. The smallest absolute Gasteiger partial charge is 0.246 e. The Labute approximate surface area is 179 Å². The molecule has 8 heteroatoms. The van der Waals surface area contributed by atoms with Gasteiger partial charge in [0, 0.05) is 31.0 Å². The van der Waals surface area contributed by atoms with Crippen molar-refractivity contribution in [3.63, 3.8) is 0 Å². The molecule has 0 aliphatic carbocycles. The normalized spacial score (nSPS) is 10.9. The number of fused-ring (bicyclic) bond motifs is 1. The molecular weight excluding hydrogens is 392 g/mol. The lowest BCUT2D eigenvalue weighted by molar-refractivity contribution is -0.121. The van der Waals surface area contributed by atoms with E-state index in [0.29, 0.717) is 12.2 Å². The summed E-state index contributed by atoms with van der Waals surface area (Å²) in [7, 11) is 0. The van der Waals surface area contributed by atoms with Crippen LogP contribution in [0.2, 0.25) is 0 Å². The van der Waals surface area contributed by atoms with E-state index in [4.69, 9.17) is 0 Å². The van der Waals surface area contributed by atoms with Gasteiger partial charge in [-0.05, 0) is 35.9 Å². The maximum atomic E-state index is 12.6. The van der Waals surface area contributed by atoms with Crippen molar-refractivity contribution in [1.82, 2.24) is 24.6 Å². The molecule has 158 valence electrons. The number of hydrogen-bond acceptors (Lipinski definition) is 4. The summed E-state index contributed by atoms with van der Waals surface area (Å²) in [5, 5.41) is 9.84. The van der Waals surface area contributed by atoms with Gasteiger partial charge >= 0.3 is 0 Å². The summed E-state index contributed by atoms with van der Waals surface area (Å²) in [5.41, 5.74) is 3.43. The van der Waals surface area contributed by atoms with E-state index in [1.807, 2.05) is 60.0 Å². The van der Waals surface area contributed by atoms with Crippen molar-refractivity contribution in [3.8, 4) is 0 Å². The summed E-state index contributed by atoms with van der Waals surface area (Å²) in [6.07, 6.45) is 4.12. The van der Waals surface area contributed by atoms with E-state index in [1.165, 1.54) is 0 Å². The SMILES string of the molecule is CCc1nc2ccccc2n1CC(=O)NCc1cccc(NC(=O)Cn2cccn2)c1. The third kappa shape index (κ3) is 4.98. The zero-order valence-corrected chi connectivity index (χ0v) is 17.3. The molecular formula is C23H24N6O2. The van der Waals surface area contributed by atoms with Gasteiger partial charge in [0.1, 0.15) is 18.9 Å². The lowest BCUT2D eigenvalue weighted by Gasteiger charge is -2.11. The number of rotatable bonds is 8. The minimum absolute atomic E-state index is 0.0917. The number of aromatic nitrogens is 4. The molecule has 0 fully saturated rings. The molecule has 0 unspecified atom stereocenters. The van der Waals surface area contributed by atoms with Gasteiger partial charge in [0.2, 0.25) is 11.8 Å². The third-order valence-electron chi connectivity index (χ3n) is 4.92. The fourth-order valence-electron chi connectivity index (χ4n) is 3.47. The average Bonchev–Trinajstić information content (AvgIpc) is 3.40. The molecule has 31 heavy (non-hydrogen) atoms. The lowest BCUT2D eigenvalue weighted by atomic mass is 10.2. The fourth-order valence-corrected chi connectivity index (χ4v) is 3.47. The van der Waals surface area contributed by atoms with Crippen molar-refractivity contribution >= 4 is 28.5 Å². The Morgan fingerprint density at radius 3 is 2.68 bits per heavy atom. The van der Waals surface area contributed by atoms with Gasteiger partial charge in [0.15, 0.2) is 0 Å². The lowest BCUT2D eigenvalue weighted by Crippen LogP contribution is -2.27. The van der Waals surface area contributed by atoms with Gasteiger partial charge in [-0.25, -0.2) is 4.98 Å². The molecule has 0 aliphatic heterocycles. The van der Waals surface area contributed by atoms with Crippen LogP contribution in [-0.4, -0.2) is 31.1 Å². The fraction of sp³-hybridized carbons (Fsp3) is 0.217. The second-order valence-corrected chi connectivity index (χ2v) is 7.19. The number of nitrogens with one attached hydrogen (secondary N) is 2. The molecule has 2 amide bonds. The molecule has 0 spiro atoms. The van der Waals surface area contributed by atoms with Crippen molar-refractivity contribution < 1.29 is 9.59 Å². The van der Waals surface area contributed by atoms with Crippen LogP contribution >= 0.6 is 0 Å². The average molecular weight is 416 g/mol. The van der Waals surface area contributed by atoms with Gasteiger partial charge in [-0.15, -0.1) is 0 Å². The van der Waals surface area contributed by atoms with Gasteiger partial charge in [-0.2, -0.15) is 5.10 Å². The molecule has 2 N–H and O–H groups in total. The van der Waals surface area contributed by atoms with E-state index in [0.717, 1.165) is 28.8 Å². The number of imidazole rings is 1. The minimum Gasteiger partial charge on any atom is -0.350 e. The van der Waals surface area contributed by atoms with Gasteiger partial charge < -0.3 is 15.2 Å². The molecule has 4 aromatic rings. The highest BCUT2D eigenvalue weighted by atomic mass is 16.2. The largest absolute Gasteiger partial charge is 0.350 e. The van der Waals surface area contributed by atoms with Crippen molar-refractivity contribution in [2.45, 2.75) is 33.0 Å². The summed E-state index contributed by atoms with van der Waals surface area (Å²) in [4.78, 5) is 29.4. The third-order valence-corrected chi connectivity index (χ3v) is 4.92. The van der Waals surface area contributed by atoms with Crippen molar-refractivity contribution in [2.75, 3.05) is 5.32 Å². The van der Waals surface area contributed by atoms with E-state index < -0.39 is 0 Å². The van der Waals surface area contributed by atoms with Crippen molar-refractivity contribution in [1.29, 1.82) is 0 Å². The summed E-state index contributed by atoms with van der Waals surface area (Å²) in [6, 6.07) is 17.0. The topological polar surface area (TPSA) is 93.8 Å². The number of hydrogen-bond donors (Lipinski definition) is 2. The Bertz CT molecular complexity index is 1200. The number of anilines is 1. The van der Waals surface area contributed by atoms with Gasteiger partial charge in [0.25, 0.3) is 0 Å². The van der Waals surface area contributed by atoms with E-state index in [-0.39, 0.29) is 24.9 Å². The molecule has 0 aliphatic rings. The molecule has 2 aromatic carbocycles. The summed E-state index contributed by atoms with van der Waals surface area (Å²) >= 11 is 0. The molecule has 0 bridgehead atoms. The van der Waals surface area contributed by atoms with Crippen LogP contribution < -0.4 is 10.6 Å².